The zero-order valence-electron chi connectivity index (χ0n) is 11.6. The van der Waals surface area contributed by atoms with Gasteiger partial charge >= 0.3 is 0 Å². The molecule has 1 aliphatic rings. The SMILES string of the molecule is Cc1ccccc1CN1CCC(NS(C)(=O)=O)CC1. The Morgan fingerprint density at radius 1 is 1.26 bits per heavy atom. The molecule has 0 bridgehead atoms. The minimum atomic E-state index is -3.08. The first-order valence-corrected chi connectivity index (χ1v) is 8.57. The highest BCUT2D eigenvalue weighted by atomic mass is 32.2. The summed E-state index contributed by atoms with van der Waals surface area (Å²) in [6, 6.07) is 8.52. The molecule has 1 aromatic carbocycles. The standard InChI is InChI=1S/C14H22N2O2S/c1-12-5-3-4-6-13(12)11-16-9-7-14(8-10-16)15-19(2,17)18/h3-6,14-15H,7-11H2,1-2H3. The molecule has 19 heavy (non-hydrogen) atoms. The van der Waals surface area contributed by atoms with Gasteiger partial charge in [-0.05, 0) is 30.9 Å². The summed E-state index contributed by atoms with van der Waals surface area (Å²) in [5.41, 5.74) is 2.68. The van der Waals surface area contributed by atoms with Crippen LogP contribution >= 0.6 is 0 Å². The number of sulfonamides is 1. The van der Waals surface area contributed by atoms with Gasteiger partial charge in [0.15, 0.2) is 0 Å². The van der Waals surface area contributed by atoms with Gasteiger partial charge in [-0.15, -0.1) is 0 Å². The maximum absolute atomic E-state index is 11.2. The number of nitrogens with zero attached hydrogens (tertiary/aromatic N) is 1. The predicted octanol–water partition coefficient (Wildman–Crippen LogP) is 1.51. The van der Waals surface area contributed by atoms with E-state index in [2.05, 4.69) is 40.8 Å². The van der Waals surface area contributed by atoms with Gasteiger partial charge in [0.2, 0.25) is 10.0 Å². The summed E-state index contributed by atoms with van der Waals surface area (Å²) in [7, 11) is -3.08. The summed E-state index contributed by atoms with van der Waals surface area (Å²) in [6.45, 7) is 4.98. The van der Waals surface area contributed by atoms with Crippen LogP contribution in [0.2, 0.25) is 0 Å². The van der Waals surface area contributed by atoms with E-state index in [9.17, 15) is 8.42 Å². The van der Waals surface area contributed by atoms with E-state index >= 15 is 0 Å². The minimum absolute atomic E-state index is 0.100. The molecule has 1 saturated heterocycles. The summed E-state index contributed by atoms with van der Waals surface area (Å²) >= 11 is 0. The highest BCUT2D eigenvalue weighted by Crippen LogP contribution is 2.16. The van der Waals surface area contributed by atoms with Gasteiger partial charge in [0.1, 0.15) is 0 Å². The van der Waals surface area contributed by atoms with E-state index in [0.29, 0.717) is 0 Å². The second kappa shape index (κ2) is 6.03. The summed E-state index contributed by atoms with van der Waals surface area (Å²) < 4.78 is 25.1. The molecule has 1 N–H and O–H groups in total. The average Bonchev–Trinajstić information content (AvgIpc) is 2.33. The smallest absolute Gasteiger partial charge is 0.208 e. The first-order chi connectivity index (χ1) is 8.94. The van der Waals surface area contributed by atoms with Gasteiger partial charge in [-0.2, -0.15) is 0 Å². The molecular weight excluding hydrogens is 260 g/mol. The minimum Gasteiger partial charge on any atom is -0.299 e. The molecule has 0 radical (unpaired) electrons. The topological polar surface area (TPSA) is 49.4 Å². The number of hydrogen-bond donors (Lipinski definition) is 1. The zero-order valence-corrected chi connectivity index (χ0v) is 12.4. The maximum Gasteiger partial charge on any atom is 0.208 e. The Balaban J connectivity index is 1.86. The van der Waals surface area contributed by atoms with Crippen LogP contribution < -0.4 is 4.72 Å². The normalized spacial score (nSPS) is 18.6. The molecule has 1 aliphatic heterocycles. The van der Waals surface area contributed by atoms with Crippen LogP contribution in [0.5, 0.6) is 0 Å². The third kappa shape index (κ3) is 4.60. The number of piperidine rings is 1. The van der Waals surface area contributed by atoms with Crippen molar-refractivity contribution in [1.82, 2.24) is 9.62 Å². The van der Waals surface area contributed by atoms with Gasteiger partial charge in [0.25, 0.3) is 0 Å². The van der Waals surface area contributed by atoms with Crippen molar-refractivity contribution in [3.63, 3.8) is 0 Å². The van der Waals surface area contributed by atoms with Gasteiger partial charge in [-0.3, -0.25) is 4.90 Å². The molecule has 0 unspecified atom stereocenters. The van der Waals surface area contributed by atoms with Gasteiger partial charge in [-0.1, -0.05) is 24.3 Å². The molecule has 0 atom stereocenters. The van der Waals surface area contributed by atoms with Gasteiger partial charge in [0, 0.05) is 25.7 Å². The largest absolute Gasteiger partial charge is 0.299 e. The second-order valence-corrected chi connectivity index (χ2v) is 7.15. The number of benzene rings is 1. The van der Waals surface area contributed by atoms with Crippen LogP contribution in [0.3, 0.4) is 0 Å². The second-order valence-electron chi connectivity index (χ2n) is 5.37. The molecule has 106 valence electrons. The number of likely N-dealkylation sites (tertiary alicyclic amines) is 1. The third-order valence-corrected chi connectivity index (χ3v) is 4.39. The van der Waals surface area contributed by atoms with Crippen LogP contribution in [0.25, 0.3) is 0 Å². The van der Waals surface area contributed by atoms with Crippen molar-refractivity contribution in [3.8, 4) is 0 Å². The van der Waals surface area contributed by atoms with E-state index in [1.807, 2.05) is 0 Å². The van der Waals surface area contributed by atoms with Gasteiger partial charge in [-0.25, -0.2) is 13.1 Å². The van der Waals surface area contributed by atoms with Crippen molar-refractivity contribution in [1.29, 1.82) is 0 Å². The molecule has 2 rings (SSSR count). The van der Waals surface area contributed by atoms with Crippen LogP contribution in [0.1, 0.15) is 24.0 Å². The molecule has 0 aromatic heterocycles. The fourth-order valence-electron chi connectivity index (χ4n) is 2.54. The van der Waals surface area contributed by atoms with E-state index in [0.717, 1.165) is 32.5 Å². The molecule has 0 saturated carbocycles. The molecule has 1 aromatic rings. The van der Waals surface area contributed by atoms with E-state index in [1.54, 1.807) is 0 Å². The van der Waals surface area contributed by atoms with Crippen molar-refractivity contribution >= 4 is 10.0 Å². The Bertz CT molecular complexity index is 520. The number of nitrogens with one attached hydrogen (secondary N) is 1. The Labute approximate surface area is 115 Å². The summed E-state index contributed by atoms with van der Waals surface area (Å²) in [4.78, 5) is 2.39. The first-order valence-electron chi connectivity index (χ1n) is 6.68. The van der Waals surface area contributed by atoms with Crippen molar-refractivity contribution in [2.75, 3.05) is 19.3 Å². The highest BCUT2D eigenvalue weighted by molar-refractivity contribution is 7.88. The van der Waals surface area contributed by atoms with Crippen LogP contribution in [-0.2, 0) is 16.6 Å². The summed E-state index contributed by atoms with van der Waals surface area (Å²) in [5, 5.41) is 0. The lowest BCUT2D eigenvalue weighted by molar-refractivity contribution is 0.199. The summed E-state index contributed by atoms with van der Waals surface area (Å²) in [6.07, 6.45) is 3.00. The van der Waals surface area contributed by atoms with Crippen LogP contribution in [0.4, 0.5) is 0 Å². The van der Waals surface area contributed by atoms with Crippen molar-refractivity contribution in [3.05, 3.63) is 35.4 Å². The van der Waals surface area contributed by atoms with Gasteiger partial charge in [0.05, 0.1) is 6.26 Å². The number of aryl methyl sites for hydroxylation is 1. The molecule has 1 fully saturated rings. The fraction of sp³-hybridized carbons (Fsp3) is 0.571. The average molecular weight is 282 g/mol. The van der Waals surface area contributed by atoms with E-state index in [1.165, 1.54) is 17.4 Å². The lowest BCUT2D eigenvalue weighted by Crippen LogP contribution is -2.44. The lowest BCUT2D eigenvalue weighted by atomic mass is 10.0. The molecule has 0 spiro atoms. The number of rotatable bonds is 4. The summed E-state index contributed by atoms with van der Waals surface area (Å²) in [5.74, 6) is 0. The van der Waals surface area contributed by atoms with Crippen molar-refractivity contribution in [2.45, 2.75) is 32.4 Å². The van der Waals surface area contributed by atoms with Crippen LogP contribution in [0.15, 0.2) is 24.3 Å². The van der Waals surface area contributed by atoms with Crippen molar-refractivity contribution < 1.29 is 8.42 Å². The molecule has 4 nitrogen and oxygen atoms in total. The monoisotopic (exact) mass is 282 g/mol. The van der Waals surface area contributed by atoms with Crippen LogP contribution in [-0.4, -0.2) is 38.7 Å². The van der Waals surface area contributed by atoms with Crippen LogP contribution in [0, 0.1) is 6.92 Å². The first kappa shape index (κ1) is 14.5. The maximum atomic E-state index is 11.2. The Hall–Kier alpha value is -0.910. The van der Waals surface area contributed by atoms with E-state index in [-0.39, 0.29) is 6.04 Å². The zero-order chi connectivity index (χ0) is 13.9. The Morgan fingerprint density at radius 3 is 2.47 bits per heavy atom. The van der Waals surface area contributed by atoms with E-state index < -0.39 is 10.0 Å². The molecule has 0 amide bonds. The lowest BCUT2D eigenvalue weighted by Gasteiger charge is -2.32. The molecule has 1 heterocycles. The Morgan fingerprint density at radius 2 is 1.89 bits per heavy atom. The molecular formula is C14H22N2O2S. The molecule has 5 heteroatoms. The van der Waals surface area contributed by atoms with Gasteiger partial charge < -0.3 is 0 Å². The van der Waals surface area contributed by atoms with E-state index in [4.69, 9.17) is 0 Å². The third-order valence-electron chi connectivity index (χ3n) is 3.62. The quantitative estimate of drug-likeness (QED) is 0.910. The Kier molecular flexibility index (Phi) is 4.60. The predicted molar refractivity (Wildman–Crippen MR) is 77.5 cm³/mol. The van der Waals surface area contributed by atoms with Crippen molar-refractivity contribution in [2.24, 2.45) is 0 Å². The number of hydrogen-bond acceptors (Lipinski definition) is 3. The fourth-order valence-corrected chi connectivity index (χ4v) is 3.38. The molecule has 0 aliphatic carbocycles. The highest BCUT2D eigenvalue weighted by Gasteiger charge is 2.21.